The van der Waals surface area contributed by atoms with Crippen molar-refractivity contribution < 1.29 is 4.74 Å². The molecule has 0 heterocycles. The second kappa shape index (κ2) is 8.79. The number of ether oxygens (including phenoxy) is 1. The first kappa shape index (κ1) is 23.5. The van der Waals surface area contributed by atoms with Gasteiger partial charge in [0, 0.05) is 24.8 Å². The third kappa shape index (κ3) is 4.17. The third-order valence-corrected chi connectivity index (χ3v) is 10.2. The summed E-state index contributed by atoms with van der Waals surface area (Å²) in [4.78, 5) is 0. The zero-order valence-corrected chi connectivity index (χ0v) is 20.2. The summed E-state index contributed by atoms with van der Waals surface area (Å²) >= 11 is 0. The molecular weight excluding hydrogens is 356 g/mol. The van der Waals surface area contributed by atoms with Gasteiger partial charge in [-0.3, -0.25) is 0 Å². The quantitative estimate of drug-likeness (QED) is 0.483. The van der Waals surface area contributed by atoms with Gasteiger partial charge in [-0.15, -0.1) is 0 Å². The van der Waals surface area contributed by atoms with E-state index in [4.69, 9.17) is 16.2 Å². The van der Waals surface area contributed by atoms with Crippen LogP contribution in [0.15, 0.2) is 0 Å². The maximum absolute atomic E-state index is 7.40. The Bertz CT molecular complexity index is 549. The minimum atomic E-state index is -0.0588. The number of rotatable bonds is 8. The van der Waals surface area contributed by atoms with Crippen LogP contribution in [0.2, 0.25) is 0 Å². The largest absolute Gasteiger partial charge is 0.385 e. The smallest absolute Gasteiger partial charge is 0.0462 e. The average Bonchev–Trinajstić information content (AvgIpc) is 3.00. The summed E-state index contributed by atoms with van der Waals surface area (Å²) in [6, 6.07) is 0. The number of hydrogen-bond donors (Lipinski definition) is 2. The monoisotopic (exact) mass is 406 g/mol. The van der Waals surface area contributed by atoms with Gasteiger partial charge < -0.3 is 16.2 Å². The van der Waals surface area contributed by atoms with Crippen LogP contribution in [0.1, 0.15) is 111 Å². The van der Waals surface area contributed by atoms with Crippen molar-refractivity contribution in [2.24, 2.45) is 40.1 Å². The van der Waals surface area contributed by atoms with Gasteiger partial charge in [0.25, 0.3) is 0 Å². The molecule has 170 valence electrons. The molecule has 0 aliphatic heterocycles. The van der Waals surface area contributed by atoms with Crippen LogP contribution in [0, 0.1) is 28.6 Å². The van der Waals surface area contributed by atoms with Crippen LogP contribution in [-0.2, 0) is 4.74 Å². The van der Waals surface area contributed by atoms with Gasteiger partial charge in [0.15, 0.2) is 0 Å². The minimum absolute atomic E-state index is 0.0242. The lowest BCUT2D eigenvalue weighted by Crippen LogP contribution is -2.63. The molecule has 3 saturated carbocycles. The highest BCUT2D eigenvalue weighted by atomic mass is 16.5. The lowest BCUT2D eigenvalue weighted by molar-refractivity contribution is -0.0179. The molecule has 0 aromatic heterocycles. The molecule has 0 aromatic carbocycles. The molecule has 3 fully saturated rings. The van der Waals surface area contributed by atoms with Crippen molar-refractivity contribution in [1.29, 1.82) is 0 Å². The van der Waals surface area contributed by atoms with E-state index >= 15 is 0 Å². The molecule has 0 spiro atoms. The molecule has 3 aliphatic carbocycles. The van der Waals surface area contributed by atoms with E-state index in [1.54, 1.807) is 0 Å². The van der Waals surface area contributed by atoms with Crippen molar-refractivity contribution in [3.8, 4) is 0 Å². The van der Waals surface area contributed by atoms with Gasteiger partial charge in [-0.25, -0.2) is 0 Å². The Morgan fingerprint density at radius 1 is 0.966 bits per heavy atom. The molecule has 0 saturated heterocycles. The van der Waals surface area contributed by atoms with E-state index in [-0.39, 0.29) is 16.5 Å². The van der Waals surface area contributed by atoms with E-state index in [0.717, 1.165) is 18.9 Å². The lowest BCUT2D eigenvalue weighted by atomic mass is 9.52. The van der Waals surface area contributed by atoms with Crippen LogP contribution in [0.4, 0.5) is 0 Å². The fourth-order valence-electron chi connectivity index (χ4n) is 8.26. The van der Waals surface area contributed by atoms with Crippen LogP contribution in [0.5, 0.6) is 0 Å². The Hall–Kier alpha value is -0.120. The predicted molar refractivity (Wildman–Crippen MR) is 124 cm³/mol. The minimum Gasteiger partial charge on any atom is -0.385 e. The molecule has 3 heteroatoms. The molecule has 0 aromatic rings. The van der Waals surface area contributed by atoms with Gasteiger partial charge in [-0.2, -0.15) is 0 Å². The van der Waals surface area contributed by atoms with Gasteiger partial charge in [0.05, 0.1) is 0 Å². The fraction of sp³-hybridized carbons (Fsp3) is 1.00. The van der Waals surface area contributed by atoms with E-state index in [2.05, 4.69) is 27.7 Å². The second-order valence-corrected chi connectivity index (χ2v) is 12.0. The second-order valence-electron chi connectivity index (χ2n) is 12.0. The summed E-state index contributed by atoms with van der Waals surface area (Å²) in [6.07, 6.45) is 16.4. The number of fused-ring (bicyclic) bond motifs is 1. The molecule has 3 nitrogen and oxygen atoms in total. The third-order valence-electron chi connectivity index (χ3n) is 10.2. The Kier molecular flexibility index (Phi) is 7.13. The van der Waals surface area contributed by atoms with Crippen molar-refractivity contribution in [3.63, 3.8) is 0 Å². The Balaban J connectivity index is 1.78. The number of nitrogens with two attached hydrogens (primary N) is 2. The topological polar surface area (TPSA) is 61.3 Å². The molecule has 0 bridgehead atoms. The van der Waals surface area contributed by atoms with Gasteiger partial charge in [0.2, 0.25) is 0 Å². The van der Waals surface area contributed by atoms with Gasteiger partial charge in [0.1, 0.15) is 0 Å². The summed E-state index contributed by atoms with van der Waals surface area (Å²) < 4.78 is 5.34. The molecule has 29 heavy (non-hydrogen) atoms. The molecule has 4 N–H and O–H groups in total. The number of hydrogen-bond acceptors (Lipinski definition) is 3. The first-order chi connectivity index (χ1) is 13.6. The van der Waals surface area contributed by atoms with Crippen molar-refractivity contribution in [2.45, 2.75) is 122 Å². The van der Waals surface area contributed by atoms with Crippen molar-refractivity contribution in [1.82, 2.24) is 0 Å². The Morgan fingerprint density at radius 3 is 2.34 bits per heavy atom. The van der Waals surface area contributed by atoms with Crippen molar-refractivity contribution in [3.05, 3.63) is 0 Å². The summed E-state index contributed by atoms with van der Waals surface area (Å²) in [5, 5.41) is 0. The van der Waals surface area contributed by atoms with Gasteiger partial charge in [-0.1, -0.05) is 53.4 Å². The Labute approximate surface area is 181 Å². The van der Waals surface area contributed by atoms with E-state index < -0.39 is 0 Å². The normalized spacial score (nSPS) is 43.1. The highest BCUT2D eigenvalue weighted by Gasteiger charge is 2.58. The molecule has 5 unspecified atom stereocenters. The molecule has 0 amide bonds. The first-order valence-electron chi connectivity index (χ1n) is 12.7. The first-order valence-corrected chi connectivity index (χ1v) is 12.7. The molecule has 3 aliphatic rings. The molecule has 6 atom stereocenters. The standard InChI is InChI=1S/C26H50N2O/c1-6-20(26(28)17-8-7-14-23(26,2)3)19-25(27)16-10-15-24(4)21(11-9-18-29-5)12-13-22(24)25/h20-22H,6-19,27-28H2,1-5H3/t20-,21?,22?,24?,25?,26?/m0/s1. The summed E-state index contributed by atoms with van der Waals surface area (Å²) in [7, 11) is 1.82. The van der Waals surface area contributed by atoms with Crippen molar-refractivity contribution >= 4 is 0 Å². The summed E-state index contributed by atoms with van der Waals surface area (Å²) in [6.45, 7) is 10.7. The molecule has 0 radical (unpaired) electrons. The van der Waals surface area contributed by atoms with Crippen LogP contribution in [0.3, 0.4) is 0 Å². The van der Waals surface area contributed by atoms with Gasteiger partial charge in [-0.05, 0) is 86.4 Å². The van der Waals surface area contributed by atoms with Crippen molar-refractivity contribution in [2.75, 3.05) is 13.7 Å². The highest BCUT2D eigenvalue weighted by Crippen LogP contribution is 2.61. The van der Waals surface area contributed by atoms with Crippen LogP contribution < -0.4 is 11.5 Å². The van der Waals surface area contributed by atoms with Gasteiger partial charge >= 0.3 is 0 Å². The Morgan fingerprint density at radius 2 is 1.69 bits per heavy atom. The van der Waals surface area contributed by atoms with E-state index in [1.165, 1.54) is 77.0 Å². The summed E-state index contributed by atoms with van der Waals surface area (Å²) in [5.41, 5.74) is 15.2. The van der Waals surface area contributed by atoms with Crippen LogP contribution in [-0.4, -0.2) is 24.8 Å². The average molecular weight is 407 g/mol. The fourth-order valence-corrected chi connectivity index (χ4v) is 8.26. The predicted octanol–water partition coefficient (Wildman–Crippen LogP) is 6.04. The molecular formula is C26H50N2O. The SMILES string of the molecule is CC[C@@H](CC1(N)CCCC2(C)C(CCCOC)CCC12)C1(N)CCCCC1(C)C. The van der Waals surface area contributed by atoms with E-state index in [9.17, 15) is 0 Å². The van der Waals surface area contributed by atoms with Crippen LogP contribution in [0.25, 0.3) is 0 Å². The highest BCUT2D eigenvalue weighted by molar-refractivity contribution is 5.12. The zero-order valence-electron chi connectivity index (χ0n) is 20.2. The van der Waals surface area contributed by atoms with E-state index in [1.807, 2.05) is 7.11 Å². The maximum Gasteiger partial charge on any atom is 0.0462 e. The maximum atomic E-state index is 7.40. The molecule has 3 rings (SSSR count). The zero-order chi connectivity index (χ0) is 21.3. The summed E-state index contributed by atoms with van der Waals surface area (Å²) in [5.74, 6) is 2.03. The van der Waals surface area contributed by atoms with Crippen LogP contribution >= 0.6 is 0 Å². The van der Waals surface area contributed by atoms with E-state index in [0.29, 0.717) is 17.3 Å². The number of methoxy groups -OCH3 is 1. The lowest BCUT2D eigenvalue weighted by Gasteiger charge is -2.57.